The van der Waals surface area contributed by atoms with Crippen LogP contribution in [-0.4, -0.2) is 0 Å². The van der Waals surface area contributed by atoms with Crippen molar-refractivity contribution >= 4 is 0 Å². The predicted octanol–water partition coefficient (Wildman–Crippen LogP) is 2.67. The zero-order chi connectivity index (χ0) is 5.66. The molecule has 1 aliphatic carbocycles. The van der Waals surface area contributed by atoms with E-state index in [0.29, 0.717) is 0 Å². The molecule has 0 unspecified atom stereocenters. The van der Waals surface area contributed by atoms with Crippen molar-refractivity contribution in [3.8, 4) is 0 Å². The van der Waals surface area contributed by atoms with Crippen LogP contribution in [0.25, 0.3) is 0 Å². The molecule has 0 saturated carbocycles. The van der Waals surface area contributed by atoms with Gasteiger partial charge in [0.25, 0.3) is 0 Å². The van der Waals surface area contributed by atoms with Crippen LogP contribution in [0.2, 0.25) is 0 Å². The van der Waals surface area contributed by atoms with Crippen molar-refractivity contribution in [2.45, 2.75) is 25.7 Å². The molecule has 0 N–H and O–H groups in total. The van der Waals surface area contributed by atoms with Crippen molar-refractivity contribution in [1.29, 1.82) is 0 Å². The van der Waals surface area contributed by atoms with E-state index >= 15 is 0 Å². The number of allylic oxidation sites excluding steroid dienone is 4. The molecule has 9 heavy (non-hydrogen) atoms. The van der Waals surface area contributed by atoms with E-state index in [4.69, 9.17) is 0 Å². The van der Waals surface area contributed by atoms with E-state index in [9.17, 15) is 0 Å². The third-order valence-corrected chi connectivity index (χ3v) is 1.37. The van der Waals surface area contributed by atoms with E-state index in [2.05, 4.69) is 24.3 Å². The average Bonchev–Trinajstić information content (AvgIpc) is 1.62. The normalized spacial score (nSPS) is 24.9. The fourth-order valence-electron chi connectivity index (χ4n) is 0.874. The van der Waals surface area contributed by atoms with Crippen LogP contribution in [0, 0.1) is 0 Å². The maximum absolute atomic E-state index is 2.23. The Balaban J connectivity index is 0.000000640. The Labute approximate surface area is 69.8 Å². The van der Waals surface area contributed by atoms with Crippen LogP contribution in [0.1, 0.15) is 25.7 Å². The first-order valence-electron chi connectivity index (χ1n) is 3.32. The molecule has 0 heterocycles. The fraction of sp³-hybridized carbons (Fsp3) is 0.500. The fourth-order valence-corrected chi connectivity index (χ4v) is 0.874. The largest absolute Gasteiger partial charge is 0.0845 e. The summed E-state index contributed by atoms with van der Waals surface area (Å²) in [5.74, 6) is 0. The second-order valence-electron chi connectivity index (χ2n) is 2.14. The first-order chi connectivity index (χ1) is 4.00. The van der Waals surface area contributed by atoms with Crippen LogP contribution in [0.3, 0.4) is 0 Å². The molecule has 0 radical (unpaired) electrons. The minimum atomic E-state index is 0. The van der Waals surface area contributed by atoms with Crippen molar-refractivity contribution in [2.24, 2.45) is 0 Å². The molecule has 52 valence electrons. The third-order valence-electron chi connectivity index (χ3n) is 1.37. The molecule has 0 amide bonds. The van der Waals surface area contributed by atoms with Crippen LogP contribution in [-0.2, 0) is 19.5 Å². The van der Waals surface area contributed by atoms with Gasteiger partial charge in [-0.05, 0) is 25.7 Å². The summed E-state index contributed by atoms with van der Waals surface area (Å²) in [5, 5.41) is 0. The molecule has 0 bridgehead atoms. The van der Waals surface area contributed by atoms with E-state index in [-0.39, 0.29) is 19.5 Å². The van der Waals surface area contributed by atoms with Crippen molar-refractivity contribution < 1.29 is 19.5 Å². The molecule has 0 aromatic heterocycles. The van der Waals surface area contributed by atoms with Gasteiger partial charge >= 0.3 is 0 Å². The Hall–Kier alpha value is 0.103. The zero-order valence-corrected chi connectivity index (χ0v) is 7.23. The number of hydrogen-bond donors (Lipinski definition) is 0. The Morgan fingerprint density at radius 2 is 1.22 bits per heavy atom. The Kier molecular flexibility index (Phi) is 6.30. The van der Waals surface area contributed by atoms with Crippen molar-refractivity contribution in [3.63, 3.8) is 0 Å². The van der Waals surface area contributed by atoms with Crippen LogP contribution < -0.4 is 0 Å². The Morgan fingerprint density at radius 3 is 1.67 bits per heavy atom. The Bertz CT molecular complexity index is 89.1. The molecule has 1 heteroatoms. The monoisotopic (exact) mass is 210 g/mol. The molecule has 1 aliphatic rings. The van der Waals surface area contributed by atoms with Gasteiger partial charge in [0.2, 0.25) is 0 Å². The van der Waals surface area contributed by atoms with Crippen molar-refractivity contribution in [3.05, 3.63) is 24.3 Å². The SMILES string of the molecule is C1=C\CCCC\C=C/1.[Ru]. The molecule has 0 saturated heterocycles. The molecule has 0 spiro atoms. The summed E-state index contributed by atoms with van der Waals surface area (Å²) in [5.41, 5.74) is 0. The molecule has 0 fully saturated rings. The number of rotatable bonds is 0. The topological polar surface area (TPSA) is 0 Å². The van der Waals surface area contributed by atoms with Gasteiger partial charge in [0.15, 0.2) is 0 Å². The molecular formula is C8H12Ru. The van der Waals surface area contributed by atoms with Crippen LogP contribution in [0.4, 0.5) is 0 Å². The molecule has 1 rings (SSSR count). The minimum Gasteiger partial charge on any atom is -0.0845 e. The van der Waals surface area contributed by atoms with Gasteiger partial charge in [-0.3, -0.25) is 0 Å². The molecular weight excluding hydrogens is 197 g/mol. The minimum absolute atomic E-state index is 0. The first-order valence-corrected chi connectivity index (χ1v) is 3.32. The van der Waals surface area contributed by atoms with E-state index in [1.54, 1.807) is 0 Å². The van der Waals surface area contributed by atoms with E-state index in [0.717, 1.165) is 0 Å². The van der Waals surface area contributed by atoms with Crippen molar-refractivity contribution in [2.75, 3.05) is 0 Å². The van der Waals surface area contributed by atoms with Gasteiger partial charge in [-0.15, -0.1) is 0 Å². The summed E-state index contributed by atoms with van der Waals surface area (Å²) in [6.07, 6.45) is 14.0. The molecule has 0 nitrogen and oxygen atoms in total. The standard InChI is InChI=1S/C8H12.Ru/c1-2-4-6-8-7-5-3-1;/h1-4H,5-8H2;/b3-1-,4-2-;. The molecule has 0 aromatic carbocycles. The number of hydrogen-bond acceptors (Lipinski definition) is 0. The summed E-state index contributed by atoms with van der Waals surface area (Å²) in [6, 6.07) is 0. The quantitative estimate of drug-likeness (QED) is 0.538. The smallest absolute Gasteiger partial charge is 0 e. The van der Waals surface area contributed by atoms with Crippen LogP contribution >= 0.6 is 0 Å². The summed E-state index contributed by atoms with van der Waals surface area (Å²) in [7, 11) is 0. The summed E-state index contributed by atoms with van der Waals surface area (Å²) < 4.78 is 0. The van der Waals surface area contributed by atoms with E-state index in [1.807, 2.05) is 0 Å². The zero-order valence-electron chi connectivity index (χ0n) is 5.49. The maximum Gasteiger partial charge on any atom is 0 e. The van der Waals surface area contributed by atoms with E-state index in [1.165, 1.54) is 25.7 Å². The van der Waals surface area contributed by atoms with Crippen LogP contribution in [0.5, 0.6) is 0 Å². The second-order valence-corrected chi connectivity index (χ2v) is 2.14. The van der Waals surface area contributed by atoms with Gasteiger partial charge in [0.05, 0.1) is 0 Å². The Morgan fingerprint density at radius 1 is 0.778 bits per heavy atom. The van der Waals surface area contributed by atoms with Gasteiger partial charge in [-0.1, -0.05) is 24.3 Å². The first kappa shape index (κ1) is 9.10. The van der Waals surface area contributed by atoms with Gasteiger partial charge in [-0.2, -0.15) is 0 Å². The summed E-state index contributed by atoms with van der Waals surface area (Å²) in [4.78, 5) is 0. The van der Waals surface area contributed by atoms with Crippen LogP contribution in [0.15, 0.2) is 24.3 Å². The maximum atomic E-state index is 2.23. The third kappa shape index (κ3) is 4.60. The van der Waals surface area contributed by atoms with Gasteiger partial charge in [0.1, 0.15) is 0 Å². The van der Waals surface area contributed by atoms with Crippen molar-refractivity contribution in [1.82, 2.24) is 0 Å². The predicted molar refractivity (Wildman–Crippen MR) is 36.7 cm³/mol. The van der Waals surface area contributed by atoms with Gasteiger partial charge < -0.3 is 0 Å². The summed E-state index contributed by atoms with van der Waals surface area (Å²) in [6.45, 7) is 0. The van der Waals surface area contributed by atoms with Gasteiger partial charge in [0, 0.05) is 19.5 Å². The molecule has 0 aromatic rings. The second kappa shape index (κ2) is 6.23. The van der Waals surface area contributed by atoms with Gasteiger partial charge in [-0.25, -0.2) is 0 Å². The average molecular weight is 209 g/mol. The molecule has 0 aliphatic heterocycles. The molecule has 0 atom stereocenters. The summed E-state index contributed by atoms with van der Waals surface area (Å²) >= 11 is 0. The van der Waals surface area contributed by atoms with E-state index < -0.39 is 0 Å².